The van der Waals surface area contributed by atoms with Gasteiger partial charge in [-0.25, -0.2) is 0 Å². The molecule has 7 nitrogen and oxygen atoms in total. The number of likely N-dealkylation sites (tertiary alicyclic amines) is 1. The monoisotopic (exact) mass is 401 g/mol. The molecule has 0 saturated carbocycles. The van der Waals surface area contributed by atoms with Gasteiger partial charge >= 0.3 is 0 Å². The van der Waals surface area contributed by atoms with Gasteiger partial charge in [-0.05, 0) is 36.1 Å². The van der Waals surface area contributed by atoms with E-state index in [0.29, 0.717) is 25.8 Å². The van der Waals surface area contributed by atoms with Crippen molar-refractivity contribution in [3.63, 3.8) is 0 Å². The first-order valence-corrected chi connectivity index (χ1v) is 10.2. The molecule has 1 fully saturated rings. The van der Waals surface area contributed by atoms with Gasteiger partial charge in [0.05, 0.1) is 12.2 Å². The lowest BCUT2D eigenvalue weighted by Crippen LogP contribution is -2.42. The summed E-state index contributed by atoms with van der Waals surface area (Å²) in [6.07, 6.45) is 8.79. The zero-order valence-corrected chi connectivity index (χ0v) is 16.8. The van der Waals surface area contributed by atoms with Crippen molar-refractivity contribution in [2.75, 3.05) is 11.9 Å². The van der Waals surface area contributed by atoms with E-state index in [4.69, 9.17) is 0 Å². The Morgan fingerprint density at radius 1 is 1.23 bits per heavy atom. The number of fused-ring (bicyclic) bond motifs is 2. The fourth-order valence-electron chi connectivity index (χ4n) is 4.94. The number of benzene rings is 1. The van der Waals surface area contributed by atoms with Gasteiger partial charge in [0, 0.05) is 49.9 Å². The van der Waals surface area contributed by atoms with Crippen LogP contribution in [0.1, 0.15) is 35.6 Å². The molecule has 1 saturated heterocycles. The predicted molar refractivity (Wildman–Crippen MR) is 112 cm³/mol. The molecule has 2 atom stereocenters. The van der Waals surface area contributed by atoms with Crippen LogP contribution in [0.4, 0.5) is 5.69 Å². The number of carbonyl (C=O) groups is 2. The minimum Gasteiger partial charge on any atom is -0.334 e. The van der Waals surface area contributed by atoms with Crippen molar-refractivity contribution in [3.05, 3.63) is 77.9 Å². The summed E-state index contributed by atoms with van der Waals surface area (Å²) in [5.74, 6) is 0.00174. The Morgan fingerprint density at radius 2 is 2.10 bits per heavy atom. The lowest BCUT2D eigenvalue weighted by atomic mass is 9.73. The highest BCUT2D eigenvalue weighted by Gasteiger charge is 2.59. The molecule has 0 radical (unpaired) electrons. The summed E-state index contributed by atoms with van der Waals surface area (Å²) in [7, 11) is 1.85. The molecule has 152 valence electrons. The van der Waals surface area contributed by atoms with Crippen molar-refractivity contribution in [1.82, 2.24) is 19.7 Å². The zero-order chi connectivity index (χ0) is 20.7. The molecule has 0 aliphatic carbocycles. The van der Waals surface area contributed by atoms with E-state index in [9.17, 15) is 9.59 Å². The molecule has 1 aromatic carbocycles. The van der Waals surface area contributed by atoms with Crippen molar-refractivity contribution < 1.29 is 9.59 Å². The van der Waals surface area contributed by atoms with E-state index in [-0.39, 0.29) is 17.9 Å². The Labute approximate surface area is 174 Å². The molecule has 4 heterocycles. The number of anilines is 1. The van der Waals surface area contributed by atoms with Crippen LogP contribution in [-0.4, -0.2) is 38.0 Å². The van der Waals surface area contributed by atoms with Crippen LogP contribution in [0, 0.1) is 0 Å². The SMILES string of the molecule is Cn1cc([C@@H]2N(C(=O)CCc3cccnc3)CC[C@]23C(=O)Nc2ccccc23)cn1. The third kappa shape index (κ3) is 2.81. The summed E-state index contributed by atoms with van der Waals surface area (Å²) < 4.78 is 1.72. The molecule has 30 heavy (non-hydrogen) atoms. The topological polar surface area (TPSA) is 80.1 Å². The third-order valence-corrected chi connectivity index (χ3v) is 6.30. The molecule has 3 aromatic rings. The van der Waals surface area contributed by atoms with E-state index in [1.807, 2.05) is 54.5 Å². The van der Waals surface area contributed by atoms with Gasteiger partial charge < -0.3 is 10.2 Å². The predicted octanol–water partition coefficient (Wildman–Crippen LogP) is 2.61. The van der Waals surface area contributed by atoms with Crippen LogP contribution in [0.25, 0.3) is 0 Å². The molecule has 2 aliphatic heterocycles. The molecule has 5 rings (SSSR count). The van der Waals surface area contributed by atoms with Crippen molar-refractivity contribution in [2.24, 2.45) is 7.05 Å². The molecule has 1 spiro atoms. The lowest BCUT2D eigenvalue weighted by Gasteiger charge is -2.33. The fourth-order valence-corrected chi connectivity index (χ4v) is 4.94. The fraction of sp³-hybridized carbons (Fsp3) is 0.304. The lowest BCUT2D eigenvalue weighted by molar-refractivity contribution is -0.133. The van der Waals surface area contributed by atoms with Crippen molar-refractivity contribution >= 4 is 17.5 Å². The second kappa shape index (κ2) is 7.09. The van der Waals surface area contributed by atoms with Crippen molar-refractivity contribution in [2.45, 2.75) is 30.7 Å². The second-order valence-electron chi connectivity index (χ2n) is 8.02. The molecule has 0 unspecified atom stereocenters. The first-order valence-electron chi connectivity index (χ1n) is 10.2. The molecule has 2 amide bonds. The van der Waals surface area contributed by atoms with E-state index >= 15 is 0 Å². The summed E-state index contributed by atoms with van der Waals surface area (Å²) in [6, 6.07) is 11.3. The maximum Gasteiger partial charge on any atom is 0.237 e. The normalized spacial score (nSPS) is 22.4. The van der Waals surface area contributed by atoms with Crippen LogP contribution < -0.4 is 5.32 Å². The molecule has 0 bridgehead atoms. The van der Waals surface area contributed by atoms with E-state index in [1.165, 1.54) is 0 Å². The minimum absolute atomic E-state index is 0.0416. The van der Waals surface area contributed by atoms with E-state index in [2.05, 4.69) is 15.4 Å². The number of hydrogen-bond acceptors (Lipinski definition) is 4. The summed E-state index contributed by atoms with van der Waals surface area (Å²) in [4.78, 5) is 32.6. The summed E-state index contributed by atoms with van der Waals surface area (Å²) in [6.45, 7) is 0.535. The minimum atomic E-state index is -0.788. The molecule has 2 aliphatic rings. The van der Waals surface area contributed by atoms with Gasteiger partial charge in [-0.2, -0.15) is 5.10 Å². The van der Waals surface area contributed by atoms with Crippen LogP contribution >= 0.6 is 0 Å². The standard InChI is InChI=1S/C23H23N5O2/c1-27-15-17(14-25-27)21-23(18-6-2-3-7-19(18)26-22(23)30)10-12-28(21)20(29)9-8-16-5-4-11-24-13-16/h2-7,11,13-15,21H,8-10,12H2,1H3,(H,26,30)/t21-,23+/m0/s1. The number of nitrogens with one attached hydrogen (secondary N) is 1. The van der Waals surface area contributed by atoms with E-state index < -0.39 is 5.41 Å². The van der Waals surface area contributed by atoms with Gasteiger partial charge in [0.15, 0.2) is 0 Å². The van der Waals surface area contributed by atoms with Gasteiger partial charge in [-0.15, -0.1) is 0 Å². The van der Waals surface area contributed by atoms with Gasteiger partial charge in [0.25, 0.3) is 0 Å². The number of aromatic nitrogens is 3. The Bertz CT molecular complexity index is 1110. The second-order valence-corrected chi connectivity index (χ2v) is 8.02. The van der Waals surface area contributed by atoms with Gasteiger partial charge in [-0.3, -0.25) is 19.3 Å². The quantitative estimate of drug-likeness (QED) is 0.729. The van der Waals surface area contributed by atoms with Gasteiger partial charge in [0.1, 0.15) is 5.41 Å². The van der Waals surface area contributed by atoms with E-state index in [1.54, 1.807) is 23.3 Å². The van der Waals surface area contributed by atoms with Crippen LogP contribution in [0.2, 0.25) is 0 Å². The summed E-state index contributed by atoms with van der Waals surface area (Å²) in [5.41, 5.74) is 2.93. The molecular formula is C23H23N5O2. The molecular weight excluding hydrogens is 378 g/mol. The smallest absolute Gasteiger partial charge is 0.237 e. The average Bonchev–Trinajstić information content (AvgIpc) is 3.44. The first-order chi connectivity index (χ1) is 14.6. The highest BCUT2D eigenvalue weighted by Crippen LogP contribution is 2.54. The Hall–Kier alpha value is -3.48. The van der Waals surface area contributed by atoms with Crippen LogP contribution in [0.5, 0.6) is 0 Å². The maximum absolute atomic E-state index is 13.3. The number of hydrogen-bond donors (Lipinski definition) is 1. The van der Waals surface area contributed by atoms with Crippen LogP contribution in [-0.2, 0) is 28.5 Å². The first kappa shape index (κ1) is 18.5. The van der Waals surface area contributed by atoms with Gasteiger partial charge in [0.2, 0.25) is 11.8 Å². The number of nitrogens with zero attached hydrogens (tertiary/aromatic N) is 4. The van der Waals surface area contributed by atoms with Crippen LogP contribution in [0.15, 0.2) is 61.2 Å². The highest BCUT2D eigenvalue weighted by molar-refractivity contribution is 6.07. The van der Waals surface area contributed by atoms with Crippen molar-refractivity contribution in [1.29, 1.82) is 0 Å². The summed E-state index contributed by atoms with van der Waals surface area (Å²) >= 11 is 0. The van der Waals surface area contributed by atoms with Gasteiger partial charge in [-0.1, -0.05) is 24.3 Å². The Balaban J connectivity index is 1.51. The number of amides is 2. The number of pyridine rings is 1. The largest absolute Gasteiger partial charge is 0.334 e. The zero-order valence-electron chi connectivity index (χ0n) is 16.8. The highest BCUT2D eigenvalue weighted by atomic mass is 16.2. The number of rotatable bonds is 4. The van der Waals surface area contributed by atoms with E-state index in [0.717, 1.165) is 22.4 Å². The maximum atomic E-state index is 13.3. The molecule has 2 aromatic heterocycles. The number of aryl methyl sites for hydroxylation is 2. The Morgan fingerprint density at radius 3 is 2.87 bits per heavy atom. The van der Waals surface area contributed by atoms with Crippen molar-refractivity contribution in [3.8, 4) is 0 Å². The molecule has 1 N–H and O–H groups in total. The number of para-hydroxylation sites is 1. The number of carbonyl (C=O) groups excluding carboxylic acids is 2. The molecule has 7 heteroatoms. The van der Waals surface area contributed by atoms with Crippen LogP contribution in [0.3, 0.4) is 0 Å². The average molecular weight is 401 g/mol. The third-order valence-electron chi connectivity index (χ3n) is 6.30. The summed E-state index contributed by atoms with van der Waals surface area (Å²) in [5, 5.41) is 7.36. The Kier molecular flexibility index (Phi) is 4.38.